The zero-order valence-electron chi connectivity index (χ0n) is 15.7. The third-order valence-electron chi connectivity index (χ3n) is 4.72. The minimum atomic E-state index is -4.70. The van der Waals surface area contributed by atoms with Crippen molar-refractivity contribution in [3.05, 3.63) is 46.3 Å². The van der Waals surface area contributed by atoms with Gasteiger partial charge in [0.1, 0.15) is 5.58 Å². The van der Waals surface area contributed by atoms with Crippen molar-refractivity contribution < 1.29 is 31.8 Å². The Morgan fingerprint density at radius 2 is 2.07 bits per heavy atom. The number of carbonyl (C=O) groups is 3. The molecule has 2 aromatic rings. The van der Waals surface area contributed by atoms with E-state index in [1.54, 1.807) is 19.1 Å². The first-order valence-electron chi connectivity index (χ1n) is 8.73. The first-order chi connectivity index (χ1) is 14.0. The number of likely N-dealkylation sites (tertiary alicyclic amines) is 1. The number of carbonyl (C=O) groups excluding carboxylic acids is 3. The van der Waals surface area contributed by atoms with Crippen LogP contribution >= 0.6 is 0 Å². The lowest BCUT2D eigenvalue weighted by Crippen LogP contribution is -2.37. The van der Waals surface area contributed by atoms with E-state index in [0.29, 0.717) is 27.1 Å². The molecule has 0 saturated carbocycles. The van der Waals surface area contributed by atoms with Gasteiger partial charge in [0.25, 0.3) is 16.0 Å². The number of hydrogen-bond donors (Lipinski definition) is 3. The van der Waals surface area contributed by atoms with Crippen LogP contribution in [0.3, 0.4) is 0 Å². The minimum absolute atomic E-state index is 0.143. The first kappa shape index (κ1) is 21.5. The minimum Gasteiger partial charge on any atom is -0.422 e. The largest absolute Gasteiger partial charge is 0.422 e. The van der Waals surface area contributed by atoms with Gasteiger partial charge < -0.3 is 15.5 Å². The SMILES string of the molecule is Cc1c(CC(=O)NC[CH]N2C(=O)CC(S(=O)(=O)O)C2=O)c(=O)oc2cc(N)ccc12. The highest BCUT2D eigenvalue weighted by Crippen LogP contribution is 2.22. The van der Waals surface area contributed by atoms with Crippen LogP contribution in [0.2, 0.25) is 0 Å². The number of nitrogens with one attached hydrogen (secondary N) is 1. The first-order valence-corrected chi connectivity index (χ1v) is 10.2. The molecule has 1 saturated heterocycles. The summed E-state index contributed by atoms with van der Waals surface area (Å²) in [5.41, 5.74) is 6.41. The number of hydrogen-bond acceptors (Lipinski definition) is 8. The van der Waals surface area contributed by atoms with Gasteiger partial charge in [-0.15, -0.1) is 0 Å². The van der Waals surface area contributed by atoms with Crippen LogP contribution in [0.5, 0.6) is 0 Å². The van der Waals surface area contributed by atoms with E-state index < -0.39 is 45.1 Å². The molecule has 159 valence electrons. The lowest BCUT2D eigenvalue weighted by Gasteiger charge is -2.14. The number of amides is 3. The Morgan fingerprint density at radius 1 is 1.37 bits per heavy atom. The standard InChI is InChI=1S/C18H18N3O8S/c1-9-11-3-2-10(19)6-13(11)29-18(25)12(9)7-15(22)20-4-5-21-16(23)8-14(17(21)24)30(26,27)28/h2-3,5-6,14H,4,7-8,19H2,1H3,(H,20,22)(H,26,27,28). The average molecular weight is 436 g/mol. The summed E-state index contributed by atoms with van der Waals surface area (Å²) < 4.78 is 36.4. The van der Waals surface area contributed by atoms with E-state index in [9.17, 15) is 27.6 Å². The Kier molecular flexibility index (Phi) is 5.63. The summed E-state index contributed by atoms with van der Waals surface area (Å²) in [6, 6.07) is 4.82. The van der Waals surface area contributed by atoms with Crippen LogP contribution in [0.15, 0.2) is 27.4 Å². The van der Waals surface area contributed by atoms with Crippen LogP contribution in [0, 0.1) is 13.5 Å². The second-order valence-corrected chi connectivity index (χ2v) is 8.32. The molecule has 1 aromatic heterocycles. The monoisotopic (exact) mass is 436 g/mol. The molecule has 1 unspecified atom stereocenters. The highest BCUT2D eigenvalue weighted by atomic mass is 32.2. The van der Waals surface area contributed by atoms with Gasteiger partial charge in [0.05, 0.1) is 24.9 Å². The highest BCUT2D eigenvalue weighted by molar-refractivity contribution is 7.87. The van der Waals surface area contributed by atoms with Crippen molar-refractivity contribution >= 4 is 44.5 Å². The zero-order valence-corrected chi connectivity index (χ0v) is 16.6. The van der Waals surface area contributed by atoms with Gasteiger partial charge in [0.2, 0.25) is 11.8 Å². The average Bonchev–Trinajstić information content (AvgIpc) is 2.93. The summed E-state index contributed by atoms with van der Waals surface area (Å²) in [6.45, 7) is 2.40. The van der Waals surface area contributed by atoms with Crippen LogP contribution in [-0.4, -0.2) is 47.4 Å². The molecule has 30 heavy (non-hydrogen) atoms. The Bertz CT molecular complexity index is 1220. The van der Waals surface area contributed by atoms with E-state index in [1.807, 2.05) is 0 Å². The quantitative estimate of drug-likeness (QED) is 0.233. The van der Waals surface area contributed by atoms with Crippen molar-refractivity contribution in [1.82, 2.24) is 10.2 Å². The van der Waals surface area contributed by atoms with Crippen molar-refractivity contribution in [2.24, 2.45) is 0 Å². The van der Waals surface area contributed by atoms with Gasteiger partial charge in [0, 0.05) is 23.7 Å². The predicted octanol–water partition coefficient (Wildman–Crippen LogP) is -0.481. The Balaban J connectivity index is 1.65. The summed E-state index contributed by atoms with van der Waals surface area (Å²) >= 11 is 0. The summed E-state index contributed by atoms with van der Waals surface area (Å²) in [5, 5.41) is 1.19. The number of imide groups is 1. The summed E-state index contributed by atoms with van der Waals surface area (Å²) in [5.74, 6) is -2.49. The van der Waals surface area contributed by atoms with E-state index in [0.717, 1.165) is 6.54 Å². The fraction of sp³-hybridized carbons (Fsp3) is 0.278. The van der Waals surface area contributed by atoms with Gasteiger partial charge in [0.15, 0.2) is 5.25 Å². The second kappa shape index (κ2) is 7.88. The molecule has 0 aliphatic carbocycles. The zero-order chi connectivity index (χ0) is 22.2. The molecule has 1 fully saturated rings. The van der Waals surface area contributed by atoms with Crippen molar-refractivity contribution in [2.75, 3.05) is 12.3 Å². The molecule has 0 spiro atoms. The maximum absolute atomic E-state index is 12.2. The van der Waals surface area contributed by atoms with Gasteiger partial charge >= 0.3 is 5.63 Å². The summed E-state index contributed by atoms with van der Waals surface area (Å²) in [6.07, 6.45) is -0.984. The van der Waals surface area contributed by atoms with Gasteiger partial charge in [-0.2, -0.15) is 8.42 Å². The van der Waals surface area contributed by atoms with Crippen molar-refractivity contribution in [3.63, 3.8) is 0 Å². The smallest absolute Gasteiger partial charge is 0.340 e. The number of fused-ring (bicyclic) bond motifs is 1. The fourth-order valence-corrected chi connectivity index (χ4v) is 3.86. The lowest BCUT2D eigenvalue weighted by atomic mass is 10.0. The molecular weight excluding hydrogens is 418 g/mol. The van der Waals surface area contributed by atoms with Gasteiger partial charge in [-0.05, 0) is 24.6 Å². The normalized spacial score (nSPS) is 17.0. The molecular formula is C18H18N3O8S. The van der Waals surface area contributed by atoms with E-state index in [4.69, 9.17) is 14.7 Å². The predicted molar refractivity (Wildman–Crippen MR) is 104 cm³/mol. The van der Waals surface area contributed by atoms with Gasteiger partial charge in [-0.25, -0.2) is 4.79 Å². The molecule has 4 N–H and O–H groups in total. The van der Waals surface area contributed by atoms with Crippen LogP contribution in [0.25, 0.3) is 11.0 Å². The molecule has 3 amide bonds. The Labute approximate surface area is 170 Å². The van der Waals surface area contributed by atoms with Crippen molar-refractivity contribution in [1.29, 1.82) is 0 Å². The Hall–Kier alpha value is -3.25. The maximum atomic E-state index is 12.2. The number of nitrogen functional groups attached to an aromatic ring is 1. The third-order valence-corrected chi connectivity index (χ3v) is 5.81. The van der Waals surface area contributed by atoms with E-state index >= 15 is 0 Å². The second-order valence-electron chi connectivity index (χ2n) is 6.72. The molecule has 1 radical (unpaired) electrons. The van der Waals surface area contributed by atoms with Crippen LogP contribution in [-0.2, 0) is 30.9 Å². The number of rotatable bonds is 6. The van der Waals surface area contributed by atoms with Crippen molar-refractivity contribution in [2.45, 2.75) is 25.0 Å². The molecule has 1 atom stereocenters. The number of aryl methyl sites for hydroxylation is 1. The van der Waals surface area contributed by atoms with E-state index in [1.165, 1.54) is 6.07 Å². The molecule has 1 aliphatic rings. The van der Waals surface area contributed by atoms with Crippen LogP contribution in [0.1, 0.15) is 17.5 Å². The number of benzene rings is 1. The lowest BCUT2D eigenvalue weighted by molar-refractivity contribution is -0.136. The maximum Gasteiger partial charge on any atom is 0.340 e. The topological polar surface area (TPSA) is 177 Å². The fourth-order valence-electron chi connectivity index (χ4n) is 3.14. The van der Waals surface area contributed by atoms with E-state index in [-0.39, 0.29) is 18.5 Å². The number of nitrogens with zero attached hydrogens (tertiary/aromatic N) is 1. The Morgan fingerprint density at radius 3 is 2.70 bits per heavy atom. The number of anilines is 1. The molecule has 12 heteroatoms. The van der Waals surface area contributed by atoms with Crippen LogP contribution < -0.4 is 16.7 Å². The van der Waals surface area contributed by atoms with Crippen molar-refractivity contribution in [3.8, 4) is 0 Å². The molecule has 0 bridgehead atoms. The number of nitrogens with two attached hydrogens (primary N) is 1. The van der Waals surface area contributed by atoms with Crippen LogP contribution in [0.4, 0.5) is 5.69 Å². The molecule has 2 heterocycles. The molecule has 11 nitrogen and oxygen atoms in total. The highest BCUT2D eigenvalue weighted by Gasteiger charge is 2.45. The van der Waals surface area contributed by atoms with Gasteiger partial charge in [-0.3, -0.25) is 23.8 Å². The molecule has 3 rings (SSSR count). The molecule has 1 aliphatic heterocycles. The molecule has 1 aromatic carbocycles. The van der Waals surface area contributed by atoms with Gasteiger partial charge in [-0.1, -0.05) is 0 Å². The summed E-state index contributed by atoms with van der Waals surface area (Å²) in [4.78, 5) is 48.7. The summed E-state index contributed by atoms with van der Waals surface area (Å²) in [7, 11) is -4.70. The van der Waals surface area contributed by atoms with E-state index in [2.05, 4.69) is 5.32 Å². The third kappa shape index (κ3) is 4.19.